The highest BCUT2D eigenvalue weighted by Gasteiger charge is 1.98. The summed E-state index contributed by atoms with van der Waals surface area (Å²) >= 11 is 0. The van der Waals surface area contributed by atoms with Gasteiger partial charge in [0.2, 0.25) is 0 Å². The molecule has 0 atom stereocenters. The predicted molar refractivity (Wildman–Crippen MR) is 44.1 cm³/mol. The van der Waals surface area contributed by atoms with Gasteiger partial charge < -0.3 is 10.5 Å². The Morgan fingerprint density at radius 2 is 2.18 bits per heavy atom. The number of ether oxygens (including phenoxy) is 1. The minimum atomic E-state index is -0.311. The second kappa shape index (κ2) is 6.16. The van der Waals surface area contributed by atoms with E-state index in [1.165, 1.54) is 0 Å². The Labute approximate surface area is 67.9 Å². The first kappa shape index (κ1) is 10.4. The van der Waals surface area contributed by atoms with E-state index in [1.54, 1.807) is 0 Å². The monoisotopic (exact) mass is 159 g/mol. The summed E-state index contributed by atoms with van der Waals surface area (Å²) in [5.41, 5.74) is 5.04. The summed E-state index contributed by atoms with van der Waals surface area (Å²) in [4.78, 5) is 10.5. The maximum Gasteiger partial charge on any atom is 0.319 e. The Bertz CT molecular complexity index is 113. The van der Waals surface area contributed by atoms with Crippen LogP contribution in [-0.2, 0) is 9.53 Å². The van der Waals surface area contributed by atoms with Gasteiger partial charge in [0.1, 0.15) is 0 Å². The maximum atomic E-state index is 10.5. The Morgan fingerprint density at radius 3 is 2.64 bits per heavy atom. The third-order valence-electron chi connectivity index (χ3n) is 1.36. The first-order valence-electron chi connectivity index (χ1n) is 4.02. The molecule has 0 aliphatic carbocycles. The van der Waals surface area contributed by atoms with Crippen LogP contribution in [0.1, 0.15) is 26.7 Å². The number of carbonyl (C=O) groups is 1. The van der Waals surface area contributed by atoms with Gasteiger partial charge in [-0.1, -0.05) is 13.8 Å². The van der Waals surface area contributed by atoms with Crippen molar-refractivity contribution in [3.8, 4) is 0 Å². The molecule has 0 amide bonds. The van der Waals surface area contributed by atoms with Crippen molar-refractivity contribution < 1.29 is 9.53 Å². The molecular formula is C8H17NO2. The van der Waals surface area contributed by atoms with Crippen LogP contribution >= 0.6 is 0 Å². The molecule has 3 nitrogen and oxygen atoms in total. The molecule has 0 rings (SSSR count). The maximum absolute atomic E-state index is 10.5. The molecule has 0 radical (unpaired) electrons. The van der Waals surface area contributed by atoms with Crippen LogP contribution in [0, 0.1) is 5.92 Å². The molecule has 11 heavy (non-hydrogen) atoms. The van der Waals surface area contributed by atoms with Crippen molar-refractivity contribution in [2.75, 3.05) is 13.2 Å². The van der Waals surface area contributed by atoms with E-state index in [9.17, 15) is 4.79 Å². The Hall–Kier alpha value is -0.570. The number of hydrogen-bond acceptors (Lipinski definition) is 3. The lowest BCUT2D eigenvalue weighted by Crippen LogP contribution is -2.17. The first-order chi connectivity index (χ1) is 5.16. The van der Waals surface area contributed by atoms with Crippen LogP contribution in [0.5, 0.6) is 0 Å². The second-order valence-corrected chi connectivity index (χ2v) is 2.96. The zero-order valence-electron chi connectivity index (χ0n) is 7.30. The van der Waals surface area contributed by atoms with Gasteiger partial charge in [0.25, 0.3) is 0 Å². The van der Waals surface area contributed by atoms with Gasteiger partial charge in [-0.3, -0.25) is 4.79 Å². The van der Waals surface area contributed by atoms with Gasteiger partial charge in [-0.05, 0) is 18.8 Å². The molecule has 0 heterocycles. The normalized spacial score (nSPS) is 10.2. The highest BCUT2D eigenvalue weighted by Crippen LogP contribution is 2.02. The van der Waals surface area contributed by atoms with Crippen LogP contribution in [0.25, 0.3) is 0 Å². The van der Waals surface area contributed by atoms with Crippen LogP contribution in [0.3, 0.4) is 0 Å². The molecule has 0 fully saturated rings. The molecule has 2 N–H and O–H groups in total. The molecule has 0 unspecified atom stereocenters. The molecular weight excluding hydrogens is 142 g/mol. The standard InChI is InChI=1S/C8H17NO2/c1-7(2)4-3-5-11-8(10)6-9/h7H,3-6,9H2,1-2H3. The minimum absolute atomic E-state index is 0.0122. The number of esters is 1. The minimum Gasteiger partial charge on any atom is -0.465 e. The van der Waals surface area contributed by atoms with Crippen molar-refractivity contribution in [2.24, 2.45) is 11.7 Å². The molecule has 0 aliphatic heterocycles. The average molecular weight is 159 g/mol. The van der Waals surface area contributed by atoms with Crippen LogP contribution in [0.2, 0.25) is 0 Å². The van der Waals surface area contributed by atoms with Gasteiger partial charge in [0.15, 0.2) is 0 Å². The van der Waals surface area contributed by atoms with Gasteiger partial charge in [0, 0.05) is 0 Å². The van der Waals surface area contributed by atoms with E-state index in [0.29, 0.717) is 12.5 Å². The first-order valence-corrected chi connectivity index (χ1v) is 4.02. The van der Waals surface area contributed by atoms with Crippen molar-refractivity contribution in [2.45, 2.75) is 26.7 Å². The highest BCUT2D eigenvalue weighted by atomic mass is 16.5. The summed E-state index contributed by atoms with van der Waals surface area (Å²) in [6, 6.07) is 0. The Balaban J connectivity index is 3.08. The summed E-state index contributed by atoms with van der Waals surface area (Å²) < 4.78 is 4.78. The Kier molecular flexibility index (Phi) is 5.84. The van der Waals surface area contributed by atoms with E-state index in [0.717, 1.165) is 12.8 Å². The highest BCUT2D eigenvalue weighted by molar-refractivity contribution is 5.71. The largest absolute Gasteiger partial charge is 0.465 e. The molecule has 0 saturated heterocycles. The number of rotatable bonds is 5. The second-order valence-electron chi connectivity index (χ2n) is 2.96. The summed E-state index contributed by atoms with van der Waals surface area (Å²) in [6.45, 7) is 4.78. The molecule has 0 aromatic heterocycles. The molecule has 66 valence electrons. The fourth-order valence-electron chi connectivity index (χ4n) is 0.737. The number of nitrogens with two attached hydrogens (primary N) is 1. The molecule has 0 aliphatic rings. The van der Waals surface area contributed by atoms with Crippen molar-refractivity contribution in [3.05, 3.63) is 0 Å². The topological polar surface area (TPSA) is 52.3 Å². The average Bonchev–Trinajstić information content (AvgIpc) is 1.97. The van der Waals surface area contributed by atoms with Gasteiger partial charge in [-0.15, -0.1) is 0 Å². The van der Waals surface area contributed by atoms with Crippen LogP contribution in [0.15, 0.2) is 0 Å². The van der Waals surface area contributed by atoms with Gasteiger partial charge in [-0.25, -0.2) is 0 Å². The summed E-state index contributed by atoms with van der Waals surface area (Å²) in [5, 5.41) is 0. The number of carbonyl (C=O) groups excluding carboxylic acids is 1. The lowest BCUT2D eigenvalue weighted by atomic mass is 10.1. The van der Waals surface area contributed by atoms with E-state index >= 15 is 0 Å². The summed E-state index contributed by atoms with van der Waals surface area (Å²) in [6.07, 6.45) is 2.03. The zero-order chi connectivity index (χ0) is 8.69. The van der Waals surface area contributed by atoms with Crippen molar-refractivity contribution >= 4 is 5.97 Å². The lowest BCUT2D eigenvalue weighted by molar-refractivity contribution is -0.142. The SMILES string of the molecule is CC(C)CCCOC(=O)CN. The van der Waals surface area contributed by atoms with Crippen LogP contribution in [0.4, 0.5) is 0 Å². The van der Waals surface area contributed by atoms with Crippen LogP contribution in [-0.4, -0.2) is 19.1 Å². The van der Waals surface area contributed by atoms with Gasteiger partial charge >= 0.3 is 5.97 Å². The van der Waals surface area contributed by atoms with Crippen molar-refractivity contribution in [1.29, 1.82) is 0 Å². The third-order valence-corrected chi connectivity index (χ3v) is 1.36. The van der Waals surface area contributed by atoms with E-state index < -0.39 is 0 Å². The quantitative estimate of drug-likeness (QED) is 0.479. The molecule has 3 heteroatoms. The number of hydrogen-bond donors (Lipinski definition) is 1. The van der Waals surface area contributed by atoms with Crippen molar-refractivity contribution in [1.82, 2.24) is 0 Å². The van der Waals surface area contributed by atoms with Crippen molar-refractivity contribution in [3.63, 3.8) is 0 Å². The molecule has 0 bridgehead atoms. The fourth-order valence-corrected chi connectivity index (χ4v) is 0.737. The summed E-state index contributed by atoms with van der Waals surface area (Å²) in [7, 11) is 0. The smallest absolute Gasteiger partial charge is 0.319 e. The van der Waals surface area contributed by atoms with E-state index in [2.05, 4.69) is 13.8 Å². The molecule has 0 saturated carbocycles. The lowest BCUT2D eigenvalue weighted by Gasteiger charge is -2.04. The van der Waals surface area contributed by atoms with E-state index in [4.69, 9.17) is 10.5 Å². The molecule has 0 aromatic carbocycles. The Morgan fingerprint density at radius 1 is 1.55 bits per heavy atom. The molecule has 0 aromatic rings. The third kappa shape index (κ3) is 7.33. The molecule has 0 spiro atoms. The fraction of sp³-hybridized carbons (Fsp3) is 0.875. The van der Waals surface area contributed by atoms with Crippen LogP contribution < -0.4 is 5.73 Å². The van der Waals surface area contributed by atoms with Gasteiger partial charge in [0.05, 0.1) is 13.2 Å². The summed E-state index contributed by atoms with van der Waals surface area (Å²) in [5.74, 6) is 0.361. The van der Waals surface area contributed by atoms with E-state index in [1.807, 2.05) is 0 Å². The van der Waals surface area contributed by atoms with E-state index in [-0.39, 0.29) is 12.5 Å². The zero-order valence-corrected chi connectivity index (χ0v) is 7.30. The van der Waals surface area contributed by atoms with Gasteiger partial charge in [-0.2, -0.15) is 0 Å². The predicted octanol–water partition coefficient (Wildman–Crippen LogP) is 0.924.